The number of piperidine rings is 1. The van der Waals surface area contributed by atoms with E-state index in [1.807, 2.05) is 0 Å². The van der Waals surface area contributed by atoms with E-state index in [-0.39, 0.29) is 35.1 Å². The summed E-state index contributed by atoms with van der Waals surface area (Å²) in [4.78, 5) is 38.3. The van der Waals surface area contributed by atoms with Gasteiger partial charge in [0.05, 0.1) is 10.8 Å². The normalized spacial score (nSPS) is 18.1. The molecule has 2 aliphatic rings. The second-order valence-electron chi connectivity index (χ2n) is 9.10. The number of sulfonamides is 1. The molecule has 1 aliphatic carbocycles. The Morgan fingerprint density at radius 2 is 1.66 bits per heavy atom. The van der Waals surface area contributed by atoms with E-state index in [0.717, 1.165) is 25.7 Å². The number of carbonyl (C=O) groups is 3. The van der Waals surface area contributed by atoms with Crippen LogP contribution in [0.1, 0.15) is 48.5 Å². The van der Waals surface area contributed by atoms with Gasteiger partial charge in [0.25, 0.3) is 5.91 Å². The van der Waals surface area contributed by atoms with Crippen LogP contribution in [-0.4, -0.2) is 50.2 Å². The van der Waals surface area contributed by atoms with Crippen LogP contribution in [0.2, 0.25) is 0 Å². The molecule has 2 aromatic carbocycles. The fourth-order valence-electron chi connectivity index (χ4n) is 4.05. The summed E-state index contributed by atoms with van der Waals surface area (Å²) in [6.45, 7) is 2.48. The fraction of sp³-hybridized carbons (Fsp3) is 0.400. The number of amides is 3. The van der Waals surface area contributed by atoms with Gasteiger partial charge in [0.1, 0.15) is 0 Å². The summed E-state index contributed by atoms with van der Waals surface area (Å²) in [7, 11) is -3.74. The molecule has 1 saturated carbocycles. The standard InChI is InChI=1S/C25H30N4O5S/c1-17(30)27-21-10-12-23(13-11-21)35(33,34)26-15-18-4-6-19(7-5-18)25(32)29-14-2-3-20(16-29)24(31)28-22-8-9-22/h4-7,10-13,20,22,26H,2-3,8-9,14-16H2,1H3,(H,27,30)(H,28,31). The van der Waals surface area contributed by atoms with Crippen LogP contribution in [0.5, 0.6) is 0 Å². The summed E-state index contributed by atoms with van der Waals surface area (Å²) in [5, 5.41) is 5.62. The van der Waals surface area contributed by atoms with Crippen LogP contribution in [0, 0.1) is 5.92 Å². The third kappa shape index (κ3) is 6.67. The summed E-state index contributed by atoms with van der Waals surface area (Å²) in [6.07, 6.45) is 3.65. The molecule has 1 atom stereocenters. The molecule has 3 N–H and O–H groups in total. The van der Waals surface area contributed by atoms with Gasteiger partial charge in [0.15, 0.2) is 0 Å². The van der Waals surface area contributed by atoms with Crippen LogP contribution in [0.25, 0.3) is 0 Å². The molecular weight excluding hydrogens is 468 g/mol. The van der Waals surface area contributed by atoms with E-state index in [0.29, 0.717) is 35.9 Å². The lowest BCUT2D eigenvalue weighted by Gasteiger charge is -2.32. The molecule has 3 amide bonds. The van der Waals surface area contributed by atoms with Gasteiger partial charge >= 0.3 is 0 Å². The van der Waals surface area contributed by atoms with Crippen molar-refractivity contribution in [2.45, 2.75) is 50.1 Å². The minimum Gasteiger partial charge on any atom is -0.353 e. The highest BCUT2D eigenvalue weighted by Crippen LogP contribution is 2.23. The van der Waals surface area contributed by atoms with Crippen LogP contribution in [-0.2, 0) is 26.2 Å². The minimum absolute atomic E-state index is 0.0392. The van der Waals surface area contributed by atoms with Crippen molar-refractivity contribution in [2.24, 2.45) is 5.92 Å². The zero-order valence-corrected chi connectivity index (χ0v) is 20.4. The molecule has 35 heavy (non-hydrogen) atoms. The van der Waals surface area contributed by atoms with Crippen molar-refractivity contribution in [2.75, 3.05) is 18.4 Å². The maximum atomic E-state index is 13.0. The third-order valence-electron chi connectivity index (χ3n) is 6.16. The van der Waals surface area contributed by atoms with E-state index in [4.69, 9.17) is 0 Å². The summed E-state index contributed by atoms with van der Waals surface area (Å²) in [6, 6.07) is 13.0. The van der Waals surface area contributed by atoms with E-state index in [1.54, 1.807) is 29.2 Å². The molecule has 1 aliphatic heterocycles. The first-order valence-electron chi connectivity index (χ1n) is 11.8. The molecule has 0 spiro atoms. The van der Waals surface area contributed by atoms with E-state index in [1.165, 1.54) is 31.2 Å². The molecular formula is C25H30N4O5S. The van der Waals surface area contributed by atoms with Gasteiger partial charge in [-0.2, -0.15) is 0 Å². The zero-order chi connectivity index (χ0) is 25.0. The molecule has 1 unspecified atom stereocenters. The second kappa shape index (κ2) is 10.6. The van der Waals surface area contributed by atoms with Crippen molar-refractivity contribution in [1.29, 1.82) is 0 Å². The Labute approximate surface area is 205 Å². The highest BCUT2D eigenvalue weighted by Gasteiger charge is 2.32. The lowest BCUT2D eigenvalue weighted by molar-refractivity contribution is -0.126. The Morgan fingerprint density at radius 3 is 2.29 bits per heavy atom. The average molecular weight is 499 g/mol. The average Bonchev–Trinajstić information content (AvgIpc) is 3.67. The molecule has 10 heteroatoms. The van der Waals surface area contributed by atoms with E-state index >= 15 is 0 Å². The highest BCUT2D eigenvalue weighted by molar-refractivity contribution is 7.89. The molecule has 0 radical (unpaired) electrons. The first-order chi connectivity index (χ1) is 16.7. The molecule has 9 nitrogen and oxygen atoms in total. The molecule has 1 heterocycles. The first-order valence-corrected chi connectivity index (χ1v) is 13.3. The molecule has 4 rings (SSSR count). The van der Waals surface area contributed by atoms with Crippen molar-refractivity contribution >= 4 is 33.4 Å². The van der Waals surface area contributed by atoms with Crippen molar-refractivity contribution in [3.05, 3.63) is 59.7 Å². The van der Waals surface area contributed by atoms with E-state index in [2.05, 4.69) is 15.4 Å². The van der Waals surface area contributed by atoms with Crippen LogP contribution in [0.4, 0.5) is 5.69 Å². The second-order valence-corrected chi connectivity index (χ2v) is 10.9. The van der Waals surface area contributed by atoms with Gasteiger partial charge in [-0.1, -0.05) is 12.1 Å². The monoisotopic (exact) mass is 498 g/mol. The van der Waals surface area contributed by atoms with Crippen molar-refractivity contribution < 1.29 is 22.8 Å². The van der Waals surface area contributed by atoms with Gasteiger partial charge in [-0.3, -0.25) is 14.4 Å². The van der Waals surface area contributed by atoms with Gasteiger partial charge in [-0.15, -0.1) is 0 Å². The number of nitrogens with zero attached hydrogens (tertiary/aromatic N) is 1. The number of likely N-dealkylation sites (tertiary alicyclic amines) is 1. The van der Waals surface area contributed by atoms with Gasteiger partial charge in [-0.05, 0) is 67.6 Å². The maximum absolute atomic E-state index is 13.0. The molecule has 2 aromatic rings. The Balaban J connectivity index is 1.32. The van der Waals surface area contributed by atoms with Crippen LogP contribution in [0.15, 0.2) is 53.4 Å². The smallest absolute Gasteiger partial charge is 0.253 e. The third-order valence-corrected chi connectivity index (χ3v) is 7.57. The van der Waals surface area contributed by atoms with Crippen LogP contribution < -0.4 is 15.4 Å². The summed E-state index contributed by atoms with van der Waals surface area (Å²) in [5.74, 6) is -0.494. The van der Waals surface area contributed by atoms with Crippen molar-refractivity contribution in [3.63, 3.8) is 0 Å². The van der Waals surface area contributed by atoms with Crippen LogP contribution >= 0.6 is 0 Å². The Morgan fingerprint density at radius 1 is 0.971 bits per heavy atom. The summed E-state index contributed by atoms with van der Waals surface area (Å²) in [5.41, 5.74) is 1.73. The van der Waals surface area contributed by atoms with Crippen molar-refractivity contribution in [3.8, 4) is 0 Å². The Kier molecular flexibility index (Phi) is 7.51. The Bertz CT molecular complexity index is 1190. The highest BCUT2D eigenvalue weighted by atomic mass is 32.2. The minimum atomic E-state index is -3.74. The fourth-order valence-corrected chi connectivity index (χ4v) is 5.07. The summed E-state index contributed by atoms with van der Waals surface area (Å²) < 4.78 is 27.7. The van der Waals surface area contributed by atoms with Gasteiger partial charge in [0.2, 0.25) is 21.8 Å². The van der Waals surface area contributed by atoms with Gasteiger partial charge in [-0.25, -0.2) is 13.1 Å². The number of hydrogen-bond donors (Lipinski definition) is 3. The van der Waals surface area contributed by atoms with Gasteiger partial charge in [0, 0.05) is 43.9 Å². The molecule has 0 aromatic heterocycles. The summed E-state index contributed by atoms with van der Waals surface area (Å²) >= 11 is 0. The number of anilines is 1. The van der Waals surface area contributed by atoms with Crippen molar-refractivity contribution in [1.82, 2.24) is 14.9 Å². The number of benzene rings is 2. The number of rotatable bonds is 8. The topological polar surface area (TPSA) is 125 Å². The number of carbonyl (C=O) groups excluding carboxylic acids is 3. The molecule has 186 valence electrons. The molecule has 1 saturated heterocycles. The van der Waals surface area contributed by atoms with Gasteiger partial charge < -0.3 is 15.5 Å². The first kappa shape index (κ1) is 24.9. The quantitative estimate of drug-likeness (QED) is 0.515. The number of nitrogens with one attached hydrogen (secondary N) is 3. The lowest BCUT2D eigenvalue weighted by atomic mass is 9.96. The van der Waals surface area contributed by atoms with E-state index < -0.39 is 10.0 Å². The maximum Gasteiger partial charge on any atom is 0.253 e. The Hall–Kier alpha value is -3.24. The molecule has 0 bridgehead atoms. The van der Waals surface area contributed by atoms with E-state index in [9.17, 15) is 22.8 Å². The SMILES string of the molecule is CC(=O)Nc1ccc(S(=O)(=O)NCc2ccc(C(=O)N3CCCC(C(=O)NC4CC4)C3)cc2)cc1. The predicted octanol–water partition coefficient (Wildman–Crippen LogP) is 2.25. The lowest BCUT2D eigenvalue weighted by Crippen LogP contribution is -2.45. The molecule has 2 fully saturated rings. The predicted molar refractivity (Wildman–Crippen MR) is 131 cm³/mol. The number of hydrogen-bond acceptors (Lipinski definition) is 5. The largest absolute Gasteiger partial charge is 0.353 e. The van der Waals surface area contributed by atoms with Crippen LogP contribution in [0.3, 0.4) is 0 Å². The zero-order valence-electron chi connectivity index (χ0n) is 19.6.